The SMILES string of the molecule is CO[C@H]1O[C@H](OC=O)[C@@H](O[C@H]2O[C@H](COS(=O)(=O)O)[C@@H](OC)C(C)C2C)C(C)C1C. The predicted molar refractivity (Wildman–Crippen MR) is 101 cm³/mol. The van der Waals surface area contributed by atoms with Gasteiger partial charge < -0.3 is 28.4 Å². The molecule has 2 rings (SSSR count). The first kappa shape index (κ1) is 25.4. The molecule has 12 heteroatoms. The van der Waals surface area contributed by atoms with E-state index in [2.05, 4.69) is 4.18 Å². The number of hydrogen-bond acceptors (Lipinski definition) is 10. The fraction of sp³-hybridized carbons (Fsp3) is 0.944. The summed E-state index contributed by atoms with van der Waals surface area (Å²) in [6.45, 7) is 7.53. The lowest BCUT2D eigenvalue weighted by atomic mass is 9.84. The summed E-state index contributed by atoms with van der Waals surface area (Å²) in [6, 6.07) is 0. The van der Waals surface area contributed by atoms with E-state index in [4.69, 9.17) is 33.0 Å². The average molecular weight is 457 g/mol. The third-order valence-corrected chi connectivity index (χ3v) is 6.57. The quantitative estimate of drug-likeness (QED) is 0.393. The highest BCUT2D eigenvalue weighted by Gasteiger charge is 2.49. The monoisotopic (exact) mass is 456 g/mol. The number of methoxy groups -OCH3 is 2. The molecule has 176 valence electrons. The smallest absolute Gasteiger partial charge is 0.397 e. The Kier molecular flexibility index (Phi) is 9.01. The van der Waals surface area contributed by atoms with E-state index in [0.717, 1.165) is 0 Å². The van der Waals surface area contributed by atoms with Gasteiger partial charge in [-0.25, -0.2) is 4.18 Å². The summed E-state index contributed by atoms with van der Waals surface area (Å²) >= 11 is 0. The summed E-state index contributed by atoms with van der Waals surface area (Å²) in [5, 5.41) is 0. The minimum Gasteiger partial charge on any atom is -0.435 e. The van der Waals surface area contributed by atoms with Crippen molar-refractivity contribution in [3.05, 3.63) is 0 Å². The van der Waals surface area contributed by atoms with Crippen LogP contribution in [0.5, 0.6) is 0 Å². The van der Waals surface area contributed by atoms with E-state index in [1.807, 2.05) is 27.7 Å². The largest absolute Gasteiger partial charge is 0.435 e. The lowest BCUT2D eigenvalue weighted by molar-refractivity contribution is -0.357. The van der Waals surface area contributed by atoms with Crippen molar-refractivity contribution in [1.29, 1.82) is 0 Å². The van der Waals surface area contributed by atoms with Crippen LogP contribution in [-0.4, -0.2) is 77.5 Å². The van der Waals surface area contributed by atoms with Crippen LogP contribution in [0.2, 0.25) is 0 Å². The Morgan fingerprint density at radius 1 is 0.867 bits per heavy atom. The van der Waals surface area contributed by atoms with Crippen molar-refractivity contribution in [3.8, 4) is 0 Å². The molecule has 30 heavy (non-hydrogen) atoms. The summed E-state index contributed by atoms with van der Waals surface area (Å²) in [5.41, 5.74) is 0. The summed E-state index contributed by atoms with van der Waals surface area (Å²) in [4.78, 5) is 11.0. The van der Waals surface area contributed by atoms with Crippen LogP contribution in [0, 0.1) is 23.7 Å². The van der Waals surface area contributed by atoms with Gasteiger partial charge in [-0.3, -0.25) is 9.35 Å². The average Bonchev–Trinajstić information content (AvgIpc) is 2.68. The first-order valence-electron chi connectivity index (χ1n) is 9.76. The van der Waals surface area contributed by atoms with Crippen LogP contribution in [0.4, 0.5) is 0 Å². The molecular weight excluding hydrogens is 424 g/mol. The Morgan fingerprint density at radius 3 is 2.00 bits per heavy atom. The van der Waals surface area contributed by atoms with Crippen molar-refractivity contribution in [1.82, 2.24) is 0 Å². The fourth-order valence-corrected chi connectivity index (χ4v) is 4.28. The molecule has 0 aromatic heterocycles. The highest BCUT2D eigenvalue weighted by atomic mass is 32.3. The highest BCUT2D eigenvalue weighted by Crippen LogP contribution is 2.38. The summed E-state index contributed by atoms with van der Waals surface area (Å²) < 4.78 is 69.1. The van der Waals surface area contributed by atoms with E-state index in [1.54, 1.807) is 0 Å². The van der Waals surface area contributed by atoms with E-state index in [0.29, 0.717) is 0 Å². The van der Waals surface area contributed by atoms with Gasteiger partial charge in [0.15, 0.2) is 12.6 Å². The summed E-state index contributed by atoms with van der Waals surface area (Å²) in [7, 11) is -1.65. The molecule has 2 fully saturated rings. The molecule has 11 nitrogen and oxygen atoms in total. The van der Waals surface area contributed by atoms with Crippen LogP contribution < -0.4 is 0 Å². The minimum absolute atomic E-state index is 0.0618. The van der Waals surface area contributed by atoms with Crippen LogP contribution in [0.3, 0.4) is 0 Å². The third kappa shape index (κ3) is 5.88. The minimum atomic E-state index is -4.64. The van der Waals surface area contributed by atoms with Gasteiger partial charge in [-0.05, 0) is 11.8 Å². The summed E-state index contributed by atoms with van der Waals surface area (Å²) in [5.74, 6) is -0.435. The molecule has 0 bridgehead atoms. The number of rotatable bonds is 9. The molecule has 0 spiro atoms. The van der Waals surface area contributed by atoms with Crippen molar-refractivity contribution in [3.63, 3.8) is 0 Å². The molecule has 2 heterocycles. The van der Waals surface area contributed by atoms with Crippen molar-refractivity contribution < 1.29 is 50.4 Å². The number of carbonyl (C=O) groups excluding carboxylic acids is 1. The molecule has 4 unspecified atom stereocenters. The Morgan fingerprint density at radius 2 is 1.47 bits per heavy atom. The van der Waals surface area contributed by atoms with Gasteiger partial charge in [0, 0.05) is 26.1 Å². The van der Waals surface area contributed by atoms with Gasteiger partial charge in [-0.2, -0.15) is 8.42 Å². The predicted octanol–water partition coefficient (Wildman–Crippen LogP) is 0.977. The van der Waals surface area contributed by atoms with Crippen molar-refractivity contribution in [2.45, 2.75) is 64.9 Å². The third-order valence-electron chi connectivity index (χ3n) is 6.13. The van der Waals surface area contributed by atoms with Crippen molar-refractivity contribution in [2.75, 3.05) is 20.8 Å². The highest BCUT2D eigenvalue weighted by molar-refractivity contribution is 7.80. The summed E-state index contributed by atoms with van der Waals surface area (Å²) in [6.07, 6.45) is -4.32. The van der Waals surface area contributed by atoms with Crippen LogP contribution in [0.25, 0.3) is 0 Å². The first-order valence-corrected chi connectivity index (χ1v) is 11.1. The Bertz CT molecular complexity index is 657. The molecule has 0 aromatic carbocycles. The zero-order valence-electron chi connectivity index (χ0n) is 18.0. The Labute approximate surface area is 177 Å². The normalized spacial score (nSPS) is 42.6. The van der Waals surface area contributed by atoms with E-state index < -0.39 is 54.2 Å². The lowest BCUT2D eigenvalue weighted by Gasteiger charge is -2.48. The van der Waals surface area contributed by atoms with Crippen LogP contribution in [-0.2, 0) is 47.8 Å². The van der Waals surface area contributed by atoms with Gasteiger partial charge in [0.25, 0.3) is 6.47 Å². The number of hydrogen-bond donors (Lipinski definition) is 1. The van der Waals surface area contributed by atoms with E-state index in [1.165, 1.54) is 14.2 Å². The molecule has 1 N–H and O–H groups in total. The zero-order chi connectivity index (χ0) is 22.6. The van der Waals surface area contributed by atoms with Gasteiger partial charge in [0.2, 0.25) is 6.29 Å². The number of carbonyl (C=O) groups is 1. The fourth-order valence-electron chi connectivity index (χ4n) is 3.97. The van der Waals surface area contributed by atoms with Gasteiger partial charge in [0.1, 0.15) is 12.2 Å². The molecular formula is C18H32O11S. The molecule has 0 aliphatic carbocycles. The van der Waals surface area contributed by atoms with E-state index >= 15 is 0 Å². The lowest BCUT2D eigenvalue weighted by Crippen LogP contribution is -2.57. The van der Waals surface area contributed by atoms with Gasteiger partial charge in [0.05, 0.1) is 12.7 Å². The van der Waals surface area contributed by atoms with Gasteiger partial charge in [-0.15, -0.1) is 0 Å². The molecule has 2 saturated heterocycles. The standard InChI is InChI=1S/C18H32O11S/c1-9-12(4)17(27-13(14(9)23-5)7-26-30(20,21)22)28-15-10(2)11(3)16(24-6)29-18(15)25-8-19/h8-18H,7H2,1-6H3,(H,20,21,22)/t9?,10?,11?,12?,13-,14+,15+,16+,17-,18+/m1/s1. The van der Waals surface area contributed by atoms with Gasteiger partial charge >= 0.3 is 10.4 Å². The molecule has 2 aliphatic heterocycles. The molecule has 0 radical (unpaired) electrons. The van der Waals surface area contributed by atoms with Crippen LogP contribution >= 0.6 is 0 Å². The first-order chi connectivity index (χ1) is 14.0. The van der Waals surface area contributed by atoms with E-state index in [-0.39, 0.29) is 30.1 Å². The molecule has 2 aliphatic rings. The number of ether oxygens (including phenoxy) is 6. The Hall–Kier alpha value is -0.860. The maximum absolute atomic E-state index is 11.0. The van der Waals surface area contributed by atoms with Crippen molar-refractivity contribution in [2.24, 2.45) is 23.7 Å². The second kappa shape index (κ2) is 10.6. The van der Waals surface area contributed by atoms with Crippen molar-refractivity contribution >= 4 is 16.9 Å². The zero-order valence-corrected chi connectivity index (χ0v) is 18.8. The molecule has 0 amide bonds. The Balaban J connectivity index is 2.19. The maximum Gasteiger partial charge on any atom is 0.397 e. The second-order valence-electron chi connectivity index (χ2n) is 7.83. The van der Waals surface area contributed by atoms with E-state index in [9.17, 15) is 13.2 Å². The molecule has 10 atom stereocenters. The molecule has 0 saturated carbocycles. The van der Waals surface area contributed by atoms with Gasteiger partial charge in [-0.1, -0.05) is 27.7 Å². The topological polar surface area (TPSA) is 136 Å². The van der Waals surface area contributed by atoms with Crippen LogP contribution in [0.15, 0.2) is 0 Å². The van der Waals surface area contributed by atoms with Crippen LogP contribution in [0.1, 0.15) is 27.7 Å². The second-order valence-corrected chi connectivity index (χ2v) is 8.92. The molecule has 0 aromatic rings. The maximum atomic E-state index is 11.0.